The first-order valence-electron chi connectivity index (χ1n) is 6.15. The van der Waals surface area contributed by atoms with Crippen LogP contribution in [-0.4, -0.2) is 44.5 Å². The van der Waals surface area contributed by atoms with Crippen LogP contribution in [0.2, 0.25) is 0 Å². The van der Waals surface area contributed by atoms with Crippen LogP contribution in [0.4, 0.5) is 0 Å². The van der Waals surface area contributed by atoms with E-state index in [2.05, 4.69) is 17.1 Å². The lowest BCUT2D eigenvalue weighted by Crippen LogP contribution is -2.40. The Labute approximate surface area is 111 Å². The zero-order chi connectivity index (χ0) is 13.1. The maximum absolute atomic E-state index is 12.0. The fourth-order valence-corrected chi connectivity index (χ4v) is 2.89. The van der Waals surface area contributed by atoms with Gasteiger partial charge in [0.1, 0.15) is 5.82 Å². The molecule has 1 aliphatic rings. The topological polar surface area (TPSA) is 77.0 Å². The molecule has 2 heterocycles. The molecule has 18 heavy (non-hydrogen) atoms. The standard InChI is InChI=1S/C11H19N5OS/c1-8-4-3-5-15(6-8)10(17)7-18-11-14-13-9(2)16(11)12/h8H,3-7,12H2,1-2H3. The number of nitrogen functional groups attached to an aromatic ring is 1. The van der Waals surface area contributed by atoms with Crippen molar-refractivity contribution >= 4 is 17.7 Å². The Kier molecular flexibility index (Phi) is 4.11. The van der Waals surface area contributed by atoms with Gasteiger partial charge in [-0.25, -0.2) is 4.68 Å². The molecule has 1 fully saturated rings. The van der Waals surface area contributed by atoms with Gasteiger partial charge in [-0.15, -0.1) is 10.2 Å². The van der Waals surface area contributed by atoms with Crippen molar-refractivity contribution < 1.29 is 4.79 Å². The Hall–Kier alpha value is -1.24. The van der Waals surface area contributed by atoms with Gasteiger partial charge in [-0.3, -0.25) is 4.79 Å². The van der Waals surface area contributed by atoms with Gasteiger partial charge in [0.25, 0.3) is 0 Å². The molecule has 0 radical (unpaired) electrons. The molecule has 100 valence electrons. The Balaban J connectivity index is 1.86. The van der Waals surface area contributed by atoms with E-state index >= 15 is 0 Å². The third-order valence-electron chi connectivity index (χ3n) is 3.17. The number of hydrogen-bond acceptors (Lipinski definition) is 5. The molecule has 0 spiro atoms. The van der Waals surface area contributed by atoms with Crippen molar-refractivity contribution in [2.45, 2.75) is 31.8 Å². The smallest absolute Gasteiger partial charge is 0.233 e. The number of thioether (sulfide) groups is 1. The summed E-state index contributed by atoms with van der Waals surface area (Å²) in [7, 11) is 0. The molecule has 1 aliphatic heterocycles. The molecular formula is C11H19N5OS. The summed E-state index contributed by atoms with van der Waals surface area (Å²) in [4.78, 5) is 14.0. The number of piperidine rings is 1. The maximum atomic E-state index is 12.0. The van der Waals surface area contributed by atoms with E-state index in [1.165, 1.54) is 22.9 Å². The molecule has 0 aliphatic carbocycles. The quantitative estimate of drug-likeness (QED) is 0.644. The summed E-state index contributed by atoms with van der Waals surface area (Å²) >= 11 is 1.34. The highest BCUT2D eigenvalue weighted by molar-refractivity contribution is 7.99. The SMILES string of the molecule is Cc1nnc(SCC(=O)N2CCCC(C)C2)n1N. The summed E-state index contributed by atoms with van der Waals surface area (Å²) in [6, 6.07) is 0. The molecule has 6 nitrogen and oxygen atoms in total. The first-order valence-corrected chi connectivity index (χ1v) is 7.14. The molecule has 1 amide bonds. The molecule has 1 aromatic heterocycles. The van der Waals surface area contributed by atoms with Crippen molar-refractivity contribution in [1.82, 2.24) is 19.8 Å². The number of aromatic nitrogens is 3. The van der Waals surface area contributed by atoms with Gasteiger partial charge in [0.15, 0.2) is 0 Å². The molecule has 1 unspecified atom stereocenters. The Morgan fingerprint density at radius 2 is 2.33 bits per heavy atom. The molecule has 0 aromatic carbocycles. The van der Waals surface area contributed by atoms with Crippen LogP contribution in [0.5, 0.6) is 0 Å². The van der Waals surface area contributed by atoms with Crippen LogP contribution in [0.25, 0.3) is 0 Å². The summed E-state index contributed by atoms with van der Waals surface area (Å²) in [5, 5.41) is 8.38. The summed E-state index contributed by atoms with van der Waals surface area (Å²) in [5.41, 5.74) is 0. The van der Waals surface area contributed by atoms with E-state index in [1.54, 1.807) is 6.92 Å². The molecule has 2 N–H and O–H groups in total. The van der Waals surface area contributed by atoms with Crippen LogP contribution in [0, 0.1) is 12.8 Å². The van der Waals surface area contributed by atoms with Crippen LogP contribution in [0.15, 0.2) is 5.16 Å². The lowest BCUT2D eigenvalue weighted by molar-refractivity contribution is -0.130. The minimum absolute atomic E-state index is 0.159. The minimum atomic E-state index is 0.159. The average molecular weight is 269 g/mol. The van der Waals surface area contributed by atoms with Crippen molar-refractivity contribution in [3.63, 3.8) is 0 Å². The van der Waals surface area contributed by atoms with E-state index in [-0.39, 0.29) is 5.91 Å². The number of hydrogen-bond donors (Lipinski definition) is 1. The normalized spacial score (nSPS) is 20.1. The largest absolute Gasteiger partial charge is 0.342 e. The molecule has 0 bridgehead atoms. The second kappa shape index (κ2) is 5.60. The predicted molar refractivity (Wildman–Crippen MR) is 70.6 cm³/mol. The Morgan fingerprint density at radius 1 is 1.56 bits per heavy atom. The zero-order valence-electron chi connectivity index (χ0n) is 10.8. The highest BCUT2D eigenvalue weighted by Gasteiger charge is 2.21. The monoisotopic (exact) mass is 269 g/mol. The molecular weight excluding hydrogens is 250 g/mol. The van der Waals surface area contributed by atoms with Gasteiger partial charge < -0.3 is 10.7 Å². The Bertz CT molecular complexity index is 433. The highest BCUT2D eigenvalue weighted by atomic mass is 32.2. The first-order chi connectivity index (χ1) is 8.58. The van der Waals surface area contributed by atoms with E-state index in [1.807, 2.05) is 4.90 Å². The van der Waals surface area contributed by atoms with Gasteiger partial charge in [0.2, 0.25) is 11.1 Å². The van der Waals surface area contributed by atoms with Gasteiger partial charge in [0.05, 0.1) is 5.75 Å². The highest BCUT2D eigenvalue weighted by Crippen LogP contribution is 2.19. The summed E-state index contributed by atoms with van der Waals surface area (Å²) < 4.78 is 1.41. The minimum Gasteiger partial charge on any atom is -0.342 e. The maximum Gasteiger partial charge on any atom is 0.233 e. The molecule has 7 heteroatoms. The molecule has 1 aromatic rings. The van der Waals surface area contributed by atoms with Crippen molar-refractivity contribution in [2.75, 3.05) is 24.7 Å². The molecule has 0 saturated carbocycles. The van der Waals surface area contributed by atoms with Gasteiger partial charge in [0, 0.05) is 13.1 Å². The van der Waals surface area contributed by atoms with Crippen molar-refractivity contribution in [3.8, 4) is 0 Å². The van der Waals surface area contributed by atoms with Gasteiger partial charge >= 0.3 is 0 Å². The van der Waals surface area contributed by atoms with E-state index in [0.717, 1.165) is 19.5 Å². The van der Waals surface area contributed by atoms with Gasteiger partial charge in [-0.1, -0.05) is 18.7 Å². The average Bonchev–Trinajstić information content (AvgIpc) is 2.67. The van der Waals surface area contributed by atoms with Crippen molar-refractivity contribution in [2.24, 2.45) is 5.92 Å². The van der Waals surface area contributed by atoms with E-state index in [0.29, 0.717) is 22.7 Å². The number of carbonyl (C=O) groups excluding carboxylic acids is 1. The summed E-state index contributed by atoms with van der Waals surface area (Å²) in [6.45, 7) is 5.71. The van der Waals surface area contributed by atoms with E-state index < -0.39 is 0 Å². The van der Waals surface area contributed by atoms with Gasteiger partial charge in [-0.05, 0) is 25.7 Å². The lowest BCUT2D eigenvalue weighted by atomic mass is 10.0. The number of aryl methyl sites for hydroxylation is 1. The number of nitrogens with two attached hydrogens (primary N) is 1. The summed E-state index contributed by atoms with van der Waals surface area (Å²) in [6.07, 6.45) is 2.32. The Morgan fingerprint density at radius 3 is 2.94 bits per heavy atom. The fraction of sp³-hybridized carbons (Fsp3) is 0.727. The van der Waals surface area contributed by atoms with Crippen LogP contribution < -0.4 is 5.84 Å². The van der Waals surface area contributed by atoms with Crippen LogP contribution >= 0.6 is 11.8 Å². The second-order valence-electron chi connectivity index (χ2n) is 4.78. The summed E-state index contributed by atoms with van der Waals surface area (Å²) in [5.74, 6) is 7.53. The molecule has 1 saturated heterocycles. The second-order valence-corrected chi connectivity index (χ2v) is 5.72. The van der Waals surface area contributed by atoms with Crippen molar-refractivity contribution in [3.05, 3.63) is 5.82 Å². The number of amides is 1. The number of rotatable bonds is 3. The van der Waals surface area contributed by atoms with Crippen LogP contribution in [0.3, 0.4) is 0 Å². The fourth-order valence-electron chi connectivity index (χ4n) is 2.08. The zero-order valence-corrected chi connectivity index (χ0v) is 11.6. The van der Waals surface area contributed by atoms with Crippen LogP contribution in [0.1, 0.15) is 25.6 Å². The predicted octanol–water partition coefficient (Wildman–Crippen LogP) is 0.651. The van der Waals surface area contributed by atoms with Gasteiger partial charge in [-0.2, -0.15) is 0 Å². The number of carbonyl (C=O) groups is 1. The third-order valence-corrected chi connectivity index (χ3v) is 4.10. The van der Waals surface area contributed by atoms with E-state index in [4.69, 9.17) is 5.84 Å². The lowest BCUT2D eigenvalue weighted by Gasteiger charge is -2.30. The number of likely N-dealkylation sites (tertiary alicyclic amines) is 1. The molecule has 1 atom stereocenters. The number of nitrogens with zero attached hydrogens (tertiary/aromatic N) is 4. The first kappa shape index (κ1) is 13.2. The van der Waals surface area contributed by atoms with E-state index in [9.17, 15) is 4.79 Å². The third kappa shape index (κ3) is 2.95. The van der Waals surface area contributed by atoms with Crippen molar-refractivity contribution in [1.29, 1.82) is 0 Å². The molecule has 2 rings (SSSR count). The van der Waals surface area contributed by atoms with Crippen LogP contribution in [-0.2, 0) is 4.79 Å².